The molecule has 0 bridgehead atoms. The summed E-state index contributed by atoms with van der Waals surface area (Å²) in [4.78, 5) is -0.0919. The normalized spacial score (nSPS) is 11.4. The monoisotopic (exact) mass is 413 g/mol. The van der Waals surface area contributed by atoms with Gasteiger partial charge in [0.2, 0.25) is 0 Å². The Hall–Kier alpha value is -0.460. The Morgan fingerprint density at radius 2 is 1.65 bits per heavy atom. The lowest BCUT2D eigenvalue weighted by Crippen LogP contribution is -2.13. The molecule has 2 aromatic rings. The fourth-order valence-corrected chi connectivity index (χ4v) is 3.69. The van der Waals surface area contributed by atoms with Gasteiger partial charge in [-0.15, -0.1) is 0 Å². The van der Waals surface area contributed by atoms with E-state index in [1.807, 2.05) is 0 Å². The molecule has 0 saturated heterocycles. The van der Waals surface area contributed by atoms with Crippen molar-refractivity contribution in [3.05, 3.63) is 55.9 Å². The summed E-state index contributed by atoms with van der Waals surface area (Å²) in [5, 5.41) is 0.760. The molecule has 0 amide bonds. The van der Waals surface area contributed by atoms with Crippen LogP contribution >= 0.6 is 50.7 Å². The Morgan fingerprint density at radius 1 is 0.950 bits per heavy atom. The van der Waals surface area contributed by atoms with Gasteiger partial charge in [-0.1, -0.05) is 34.8 Å². The maximum Gasteiger partial charge on any atom is 0.263 e. The van der Waals surface area contributed by atoms with Crippen molar-refractivity contribution in [2.75, 3.05) is 4.72 Å². The van der Waals surface area contributed by atoms with E-state index in [4.69, 9.17) is 34.8 Å². The van der Waals surface area contributed by atoms with Crippen molar-refractivity contribution in [1.82, 2.24) is 0 Å². The zero-order valence-corrected chi connectivity index (χ0v) is 14.4. The molecule has 0 aliphatic heterocycles. The highest BCUT2D eigenvalue weighted by atomic mass is 79.9. The van der Waals surface area contributed by atoms with E-state index in [1.165, 1.54) is 24.3 Å². The van der Waals surface area contributed by atoms with Crippen LogP contribution in [0.5, 0.6) is 0 Å². The second kappa shape index (κ2) is 6.12. The number of sulfonamides is 1. The number of nitrogens with one attached hydrogen (secondary N) is 1. The van der Waals surface area contributed by atoms with Crippen molar-refractivity contribution in [3.8, 4) is 0 Å². The van der Waals surface area contributed by atoms with Crippen LogP contribution in [-0.4, -0.2) is 8.42 Å². The van der Waals surface area contributed by atoms with Crippen LogP contribution in [0.1, 0.15) is 0 Å². The molecule has 0 aliphatic carbocycles. The third-order valence-electron chi connectivity index (χ3n) is 2.35. The molecular weight excluding hydrogens is 408 g/mol. The van der Waals surface area contributed by atoms with Gasteiger partial charge in [-0.05, 0) is 52.3 Å². The molecule has 2 rings (SSSR count). The van der Waals surface area contributed by atoms with Crippen molar-refractivity contribution in [3.63, 3.8) is 0 Å². The maximum atomic E-state index is 12.3. The standard InChI is InChI=1S/C12H7BrCl3NO2S/c13-9-3-2-8(6-11(9)16)17-20(18,19)12-5-7(14)1-4-10(12)15/h1-6,17H. The molecule has 0 aromatic heterocycles. The van der Waals surface area contributed by atoms with E-state index < -0.39 is 10.0 Å². The molecule has 106 valence electrons. The van der Waals surface area contributed by atoms with Crippen LogP contribution in [0.15, 0.2) is 45.8 Å². The molecule has 20 heavy (non-hydrogen) atoms. The molecule has 0 spiro atoms. The summed E-state index contributed by atoms with van der Waals surface area (Å²) >= 11 is 20.8. The minimum absolute atomic E-state index is 0.0881. The van der Waals surface area contributed by atoms with Crippen molar-refractivity contribution in [2.24, 2.45) is 0 Å². The molecule has 0 heterocycles. The van der Waals surface area contributed by atoms with E-state index in [1.54, 1.807) is 12.1 Å². The van der Waals surface area contributed by atoms with Crippen LogP contribution in [0.3, 0.4) is 0 Å². The molecule has 0 aliphatic rings. The van der Waals surface area contributed by atoms with Gasteiger partial charge in [-0.3, -0.25) is 4.72 Å². The smallest absolute Gasteiger partial charge is 0.263 e. The number of anilines is 1. The first kappa shape index (κ1) is 15.9. The molecule has 0 saturated carbocycles. The fraction of sp³-hybridized carbons (Fsp3) is 0. The Balaban J connectivity index is 2.40. The molecule has 1 N–H and O–H groups in total. The number of hydrogen-bond donors (Lipinski definition) is 1. The molecule has 2 aromatic carbocycles. The van der Waals surface area contributed by atoms with Gasteiger partial charge in [0.15, 0.2) is 0 Å². The summed E-state index contributed by atoms with van der Waals surface area (Å²) in [6.45, 7) is 0. The molecular formula is C12H7BrCl3NO2S. The van der Waals surface area contributed by atoms with E-state index >= 15 is 0 Å². The van der Waals surface area contributed by atoms with Crippen molar-refractivity contribution >= 4 is 66.4 Å². The highest BCUT2D eigenvalue weighted by molar-refractivity contribution is 9.10. The van der Waals surface area contributed by atoms with E-state index in [2.05, 4.69) is 20.7 Å². The first-order valence-electron chi connectivity index (χ1n) is 5.22. The predicted octanol–water partition coefficient (Wildman–Crippen LogP) is 5.21. The van der Waals surface area contributed by atoms with Gasteiger partial charge in [0.25, 0.3) is 10.0 Å². The number of halogens is 4. The lowest BCUT2D eigenvalue weighted by Gasteiger charge is -2.10. The maximum absolute atomic E-state index is 12.3. The quantitative estimate of drug-likeness (QED) is 0.748. The van der Waals surface area contributed by atoms with Gasteiger partial charge in [0, 0.05) is 9.50 Å². The van der Waals surface area contributed by atoms with Crippen LogP contribution in [-0.2, 0) is 10.0 Å². The van der Waals surface area contributed by atoms with E-state index in [0.717, 1.165) is 0 Å². The van der Waals surface area contributed by atoms with Gasteiger partial charge in [-0.2, -0.15) is 0 Å². The average molecular weight is 416 g/mol. The van der Waals surface area contributed by atoms with Gasteiger partial charge < -0.3 is 0 Å². The molecule has 3 nitrogen and oxygen atoms in total. The summed E-state index contributed by atoms with van der Waals surface area (Å²) in [7, 11) is -3.84. The number of benzene rings is 2. The van der Waals surface area contributed by atoms with E-state index in [-0.39, 0.29) is 14.9 Å². The van der Waals surface area contributed by atoms with E-state index in [0.29, 0.717) is 15.2 Å². The summed E-state index contributed by atoms with van der Waals surface area (Å²) in [5.41, 5.74) is 0.328. The Labute approximate surface area is 140 Å². The van der Waals surface area contributed by atoms with Gasteiger partial charge >= 0.3 is 0 Å². The lowest BCUT2D eigenvalue weighted by molar-refractivity contribution is 0.601. The van der Waals surface area contributed by atoms with Gasteiger partial charge in [0.05, 0.1) is 15.7 Å². The first-order chi connectivity index (χ1) is 9.29. The minimum Gasteiger partial charge on any atom is -0.280 e. The largest absolute Gasteiger partial charge is 0.280 e. The molecule has 0 radical (unpaired) electrons. The summed E-state index contributed by atoms with van der Waals surface area (Å²) in [6.07, 6.45) is 0. The third-order valence-corrected chi connectivity index (χ3v) is 5.69. The summed E-state index contributed by atoms with van der Waals surface area (Å²) in [5.74, 6) is 0. The fourth-order valence-electron chi connectivity index (χ4n) is 1.45. The second-order valence-corrected chi connectivity index (χ2v) is 7.57. The van der Waals surface area contributed by atoms with Crippen LogP contribution in [0.4, 0.5) is 5.69 Å². The van der Waals surface area contributed by atoms with E-state index in [9.17, 15) is 8.42 Å². The van der Waals surface area contributed by atoms with Crippen molar-refractivity contribution in [1.29, 1.82) is 0 Å². The summed E-state index contributed by atoms with van der Waals surface area (Å²) in [6, 6.07) is 8.92. The summed E-state index contributed by atoms with van der Waals surface area (Å²) < 4.78 is 27.6. The van der Waals surface area contributed by atoms with Crippen molar-refractivity contribution < 1.29 is 8.42 Å². The topological polar surface area (TPSA) is 46.2 Å². The zero-order chi connectivity index (χ0) is 14.9. The Bertz CT molecular complexity index is 765. The number of rotatable bonds is 3. The molecule has 0 fully saturated rings. The highest BCUT2D eigenvalue weighted by Gasteiger charge is 2.18. The van der Waals surface area contributed by atoms with Gasteiger partial charge in [-0.25, -0.2) is 8.42 Å². The second-order valence-electron chi connectivity index (χ2n) is 3.81. The van der Waals surface area contributed by atoms with Gasteiger partial charge in [0.1, 0.15) is 4.90 Å². The van der Waals surface area contributed by atoms with Crippen molar-refractivity contribution in [2.45, 2.75) is 4.90 Å². The van der Waals surface area contributed by atoms with Crippen LogP contribution < -0.4 is 4.72 Å². The first-order valence-corrected chi connectivity index (χ1v) is 8.63. The number of hydrogen-bond acceptors (Lipinski definition) is 2. The minimum atomic E-state index is -3.84. The molecule has 8 heteroatoms. The third kappa shape index (κ3) is 3.59. The van der Waals surface area contributed by atoms with Crippen LogP contribution in [0.25, 0.3) is 0 Å². The SMILES string of the molecule is O=S(=O)(Nc1ccc(Br)c(Cl)c1)c1cc(Cl)ccc1Cl. The lowest BCUT2D eigenvalue weighted by atomic mass is 10.3. The molecule has 0 atom stereocenters. The van der Waals surface area contributed by atoms with Crippen LogP contribution in [0.2, 0.25) is 15.1 Å². The average Bonchev–Trinajstić information content (AvgIpc) is 2.36. The Morgan fingerprint density at radius 3 is 2.30 bits per heavy atom. The Kier molecular flexibility index (Phi) is 4.87. The zero-order valence-electron chi connectivity index (χ0n) is 9.70. The predicted molar refractivity (Wildman–Crippen MR) is 86.4 cm³/mol. The highest BCUT2D eigenvalue weighted by Crippen LogP contribution is 2.29. The van der Waals surface area contributed by atoms with Crippen LogP contribution in [0, 0.1) is 0 Å². The molecule has 0 unspecified atom stereocenters.